The average molecular weight is 273 g/mol. The maximum absolute atomic E-state index is 13.6. The highest BCUT2D eigenvalue weighted by Gasteiger charge is 2.14. The minimum absolute atomic E-state index is 0.00525. The molecule has 0 unspecified atom stereocenters. The summed E-state index contributed by atoms with van der Waals surface area (Å²) in [5, 5.41) is 7.60. The maximum Gasteiger partial charge on any atom is 0.251 e. The van der Waals surface area contributed by atoms with Gasteiger partial charge in [-0.2, -0.15) is 0 Å². The molecule has 0 atom stereocenters. The molecule has 1 aromatic heterocycles. The van der Waals surface area contributed by atoms with E-state index in [9.17, 15) is 8.78 Å². The summed E-state index contributed by atoms with van der Waals surface area (Å²) in [6.07, 6.45) is 0. The van der Waals surface area contributed by atoms with Gasteiger partial charge in [-0.3, -0.25) is 0 Å². The molecule has 100 valence electrons. The fourth-order valence-electron chi connectivity index (χ4n) is 1.74. The van der Waals surface area contributed by atoms with E-state index in [0.717, 1.165) is 12.1 Å². The van der Waals surface area contributed by atoms with Crippen molar-refractivity contribution in [2.45, 2.75) is 0 Å². The Balaban J connectivity index is 1.99. The highest BCUT2D eigenvalue weighted by atomic mass is 19.1. The molecule has 0 amide bonds. The van der Waals surface area contributed by atoms with Crippen LogP contribution in [0.15, 0.2) is 46.9 Å². The van der Waals surface area contributed by atoms with E-state index in [1.54, 1.807) is 24.3 Å². The van der Waals surface area contributed by atoms with E-state index >= 15 is 0 Å². The van der Waals surface area contributed by atoms with Crippen LogP contribution >= 0.6 is 0 Å². The SMILES string of the molecule is Nc1ccc(-c2nnc(-c3ccc(F)cc3F)o2)cc1. The predicted octanol–water partition coefficient (Wildman–Crippen LogP) is 3.26. The molecular formula is C14H9F2N3O. The summed E-state index contributed by atoms with van der Waals surface area (Å²) in [6.45, 7) is 0. The summed E-state index contributed by atoms with van der Waals surface area (Å²) in [4.78, 5) is 0. The van der Waals surface area contributed by atoms with Crippen molar-refractivity contribution in [3.05, 3.63) is 54.1 Å². The van der Waals surface area contributed by atoms with Crippen molar-refractivity contribution in [2.24, 2.45) is 0 Å². The highest BCUT2D eigenvalue weighted by Crippen LogP contribution is 2.26. The number of halogens is 2. The lowest BCUT2D eigenvalue weighted by atomic mass is 10.2. The van der Waals surface area contributed by atoms with Crippen LogP contribution in [0, 0.1) is 11.6 Å². The summed E-state index contributed by atoms with van der Waals surface area (Å²) in [6, 6.07) is 9.97. The fraction of sp³-hybridized carbons (Fsp3) is 0. The lowest BCUT2D eigenvalue weighted by Gasteiger charge is -1.98. The second kappa shape index (κ2) is 4.73. The summed E-state index contributed by atoms with van der Waals surface area (Å²) in [5.74, 6) is -1.18. The number of nitrogen functional groups attached to an aromatic ring is 1. The van der Waals surface area contributed by atoms with Crippen molar-refractivity contribution in [1.82, 2.24) is 10.2 Å². The first-order valence-corrected chi connectivity index (χ1v) is 5.78. The molecule has 0 fully saturated rings. The van der Waals surface area contributed by atoms with Crippen LogP contribution < -0.4 is 5.73 Å². The van der Waals surface area contributed by atoms with E-state index in [0.29, 0.717) is 11.3 Å². The Bertz CT molecular complexity index is 753. The molecule has 4 nitrogen and oxygen atoms in total. The Morgan fingerprint density at radius 2 is 1.60 bits per heavy atom. The third-order valence-corrected chi connectivity index (χ3v) is 2.74. The molecule has 20 heavy (non-hydrogen) atoms. The van der Waals surface area contributed by atoms with Crippen LogP contribution in [0.2, 0.25) is 0 Å². The lowest BCUT2D eigenvalue weighted by molar-refractivity contribution is 0.560. The van der Waals surface area contributed by atoms with Gasteiger partial charge >= 0.3 is 0 Å². The van der Waals surface area contributed by atoms with Gasteiger partial charge in [-0.05, 0) is 36.4 Å². The van der Waals surface area contributed by atoms with Gasteiger partial charge in [0.15, 0.2) is 0 Å². The van der Waals surface area contributed by atoms with Gasteiger partial charge in [0.2, 0.25) is 5.89 Å². The molecule has 3 aromatic rings. The first kappa shape index (κ1) is 12.3. The summed E-state index contributed by atoms with van der Waals surface area (Å²) < 4.78 is 31.9. The summed E-state index contributed by atoms with van der Waals surface area (Å²) >= 11 is 0. The largest absolute Gasteiger partial charge is 0.416 e. The van der Waals surface area contributed by atoms with Crippen molar-refractivity contribution in [1.29, 1.82) is 0 Å². The highest BCUT2D eigenvalue weighted by molar-refractivity contribution is 5.60. The topological polar surface area (TPSA) is 64.9 Å². The molecule has 0 spiro atoms. The van der Waals surface area contributed by atoms with Gasteiger partial charge in [0.1, 0.15) is 11.6 Å². The van der Waals surface area contributed by atoms with Gasteiger partial charge in [0, 0.05) is 17.3 Å². The molecule has 0 aliphatic heterocycles. The van der Waals surface area contributed by atoms with Gasteiger partial charge in [-0.15, -0.1) is 10.2 Å². The molecule has 0 bridgehead atoms. The van der Waals surface area contributed by atoms with Crippen LogP contribution in [0.1, 0.15) is 0 Å². The first-order chi connectivity index (χ1) is 9.63. The average Bonchev–Trinajstić information content (AvgIpc) is 2.89. The van der Waals surface area contributed by atoms with E-state index in [-0.39, 0.29) is 17.3 Å². The number of hydrogen-bond acceptors (Lipinski definition) is 4. The second-order valence-corrected chi connectivity index (χ2v) is 4.16. The first-order valence-electron chi connectivity index (χ1n) is 5.78. The molecular weight excluding hydrogens is 264 g/mol. The van der Waals surface area contributed by atoms with Crippen LogP contribution in [0.5, 0.6) is 0 Å². The maximum atomic E-state index is 13.6. The Hall–Kier alpha value is -2.76. The number of anilines is 1. The summed E-state index contributed by atoms with van der Waals surface area (Å²) in [7, 11) is 0. The zero-order valence-electron chi connectivity index (χ0n) is 10.2. The minimum Gasteiger partial charge on any atom is -0.416 e. The van der Waals surface area contributed by atoms with E-state index in [2.05, 4.69) is 10.2 Å². The molecule has 3 rings (SSSR count). The third-order valence-electron chi connectivity index (χ3n) is 2.74. The number of benzene rings is 2. The Kier molecular flexibility index (Phi) is 2.90. The molecule has 0 saturated heterocycles. The van der Waals surface area contributed by atoms with Crippen LogP contribution in [-0.2, 0) is 0 Å². The van der Waals surface area contributed by atoms with Gasteiger partial charge in [0.05, 0.1) is 5.56 Å². The minimum atomic E-state index is -0.752. The monoisotopic (exact) mass is 273 g/mol. The van der Waals surface area contributed by atoms with Crippen LogP contribution in [0.25, 0.3) is 22.9 Å². The standard InChI is InChI=1S/C14H9F2N3O/c15-9-3-6-11(12(16)7-9)14-19-18-13(20-14)8-1-4-10(17)5-2-8/h1-7H,17H2. The van der Waals surface area contributed by atoms with Crippen molar-refractivity contribution in [2.75, 3.05) is 5.73 Å². The zero-order valence-corrected chi connectivity index (χ0v) is 10.2. The van der Waals surface area contributed by atoms with E-state index < -0.39 is 11.6 Å². The Labute approximate surface area is 112 Å². The Morgan fingerprint density at radius 1 is 0.900 bits per heavy atom. The van der Waals surface area contributed by atoms with Crippen molar-refractivity contribution in [3.63, 3.8) is 0 Å². The van der Waals surface area contributed by atoms with E-state index in [4.69, 9.17) is 10.2 Å². The number of nitrogens with two attached hydrogens (primary N) is 1. The van der Waals surface area contributed by atoms with Gasteiger partial charge < -0.3 is 10.2 Å². The van der Waals surface area contributed by atoms with Gasteiger partial charge in [0.25, 0.3) is 5.89 Å². The predicted molar refractivity (Wildman–Crippen MR) is 69.5 cm³/mol. The quantitative estimate of drug-likeness (QED) is 0.728. The van der Waals surface area contributed by atoms with E-state index in [1.807, 2.05) is 0 Å². The summed E-state index contributed by atoms with van der Waals surface area (Å²) in [5.41, 5.74) is 6.92. The molecule has 0 saturated carbocycles. The van der Waals surface area contributed by atoms with Crippen molar-refractivity contribution < 1.29 is 13.2 Å². The lowest BCUT2D eigenvalue weighted by Crippen LogP contribution is -1.86. The normalized spacial score (nSPS) is 10.7. The van der Waals surface area contributed by atoms with Gasteiger partial charge in [-0.25, -0.2) is 8.78 Å². The smallest absolute Gasteiger partial charge is 0.251 e. The second-order valence-electron chi connectivity index (χ2n) is 4.16. The van der Waals surface area contributed by atoms with E-state index in [1.165, 1.54) is 6.07 Å². The van der Waals surface area contributed by atoms with Crippen molar-refractivity contribution >= 4 is 5.69 Å². The van der Waals surface area contributed by atoms with Crippen LogP contribution in [-0.4, -0.2) is 10.2 Å². The number of rotatable bonds is 2. The molecule has 2 N–H and O–H groups in total. The Morgan fingerprint density at radius 3 is 2.30 bits per heavy atom. The van der Waals surface area contributed by atoms with Gasteiger partial charge in [-0.1, -0.05) is 0 Å². The molecule has 0 aliphatic carbocycles. The molecule has 2 aromatic carbocycles. The number of hydrogen-bond donors (Lipinski definition) is 1. The number of aromatic nitrogens is 2. The molecule has 6 heteroatoms. The molecule has 0 radical (unpaired) electrons. The van der Waals surface area contributed by atoms with Crippen LogP contribution in [0.3, 0.4) is 0 Å². The van der Waals surface area contributed by atoms with Crippen molar-refractivity contribution in [3.8, 4) is 22.9 Å². The molecule has 1 heterocycles. The number of nitrogens with zero attached hydrogens (tertiary/aromatic N) is 2. The third kappa shape index (κ3) is 2.23. The molecule has 0 aliphatic rings. The fourth-order valence-corrected chi connectivity index (χ4v) is 1.74. The zero-order chi connectivity index (χ0) is 14.1. The van der Waals surface area contributed by atoms with Crippen LogP contribution in [0.4, 0.5) is 14.5 Å².